The van der Waals surface area contributed by atoms with Crippen LogP contribution >= 0.6 is 0 Å². The summed E-state index contributed by atoms with van der Waals surface area (Å²) in [5.74, 6) is 0.0704. The van der Waals surface area contributed by atoms with E-state index in [0.29, 0.717) is 13.0 Å². The smallest absolute Gasteiger partial charge is 0.220 e. The first-order chi connectivity index (χ1) is 8.84. The van der Waals surface area contributed by atoms with E-state index in [1.54, 1.807) is 12.4 Å². The quantitative estimate of drug-likeness (QED) is 0.778. The van der Waals surface area contributed by atoms with Crippen molar-refractivity contribution < 1.29 is 9.53 Å². The molecule has 1 fully saturated rings. The van der Waals surface area contributed by atoms with Crippen LogP contribution in [-0.4, -0.2) is 43.2 Å². The van der Waals surface area contributed by atoms with E-state index in [0.717, 1.165) is 31.7 Å². The molecule has 2 heterocycles. The van der Waals surface area contributed by atoms with Crippen LogP contribution in [0.15, 0.2) is 24.5 Å². The molecule has 0 radical (unpaired) electrons. The van der Waals surface area contributed by atoms with Gasteiger partial charge in [0, 0.05) is 38.4 Å². The van der Waals surface area contributed by atoms with Crippen molar-refractivity contribution in [3.8, 4) is 0 Å². The minimum Gasteiger partial charge on any atom is -0.374 e. The standard InChI is InChI=1S/C13H19N3O2/c17-13(2-1-11-3-5-14-6-4-11)16-10-12-9-15-7-8-18-12/h3-6,12,15H,1-2,7-10H2,(H,16,17). The highest BCUT2D eigenvalue weighted by atomic mass is 16.5. The number of hydrogen-bond acceptors (Lipinski definition) is 4. The van der Waals surface area contributed by atoms with E-state index in [9.17, 15) is 4.79 Å². The van der Waals surface area contributed by atoms with Gasteiger partial charge in [-0.2, -0.15) is 0 Å². The van der Waals surface area contributed by atoms with Gasteiger partial charge in [-0.15, -0.1) is 0 Å². The van der Waals surface area contributed by atoms with Crippen LogP contribution in [0.1, 0.15) is 12.0 Å². The largest absolute Gasteiger partial charge is 0.374 e. The summed E-state index contributed by atoms with van der Waals surface area (Å²) >= 11 is 0. The first kappa shape index (κ1) is 13.0. The molecule has 1 aromatic rings. The fourth-order valence-electron chi connectivity index (χ4n) is 1.87. The minimum absolute atomic E-state index is 0.0704. The lowest BCUT2D eigenvalue weighted by atomic mass is 10.1. The lowest BCUT2D eigenvalue weighted by molar-refractivity contribution is -0.121. The van der Waals surface area contributed by atoms with Gasteiger partial charge in [0.1, 0.15) is 0 Å². The number of amides is 1. The van der Waals surface area contributed by atoms with Gasteiger partial charge in [-0.3, -0.25) is 9.78 Å². The Labute approximate surface area is 107 Å². The number of ether oxygens (including phenoxy) is 1. The first-order valence-electron chi connectivity index (χ1n) is 6.32. The topological polar surface area (TPSA) is 63.2 Å². The van der Waals surface area contributed by atoms with Gasteiger partial charge in [0.15, 0.2) is 0 Å². The molecular formula is C13H19N3O2. The molecule has 98 valence electrons. The van der Waals surface area contributed by atoms with Crippen molar-refractivity contribution in [3.63, 3.8) is 0 Å². The average molecular weight is 249 g/mol. The lowest BCUT2D eigenvalue weighted by Gasteiger charge is -2.23. The van der Waals surface area contributed by atoms with Gasteiger partial charge >= 0.3 is 0 Å². The predicted molar refractivity (Wildman–Crippen MR) is 68.2 cm³/mol. The second-order valence-corrected chi connectivity index (χ2v) is 4.36. The first-order valence-corrected chi connectivity index (χ1v) is 6.32. The predicted octanol–water partition coefficient (Wildman–Crippen LogP) is 0.119. The summed E-state index contributed by atoms with van der Waals surface area (Å²) in [6.07, 6.45) is 4.84. The Morgan fingerprint density at radius 1 is 1.50 bits per heavy atom. The van der Waals surface area contributed by atoms with Crippen molar-refractivity contribution in [2.45, 2.75) is 18.9 Å². The van der Waals surface area contributed by atoms with Crippen LogP contribution in [0.25, 0.3) is 0 Å². The number of carbonyl (C=O) groups is 1. The molecule has 2 rings (SSSR count). The van der Waals surface area contributed by atoms with Crippen molar-refractivity contribution in [3.05, 3.63) is 30.1 Å². The van der Waals surface area contributed by atoms with Gasteiger partial charge in [-0.25, -0.2) is 0 Å². The van der Waals surface area contributed by atoms with Crippen LogP contribution in [-0.2, 0) is 16.0 Å². The van der Waals surface area contributed by atoms with Crippen LogP contribution in [0.2, 0.25) is 0 Å². The lowest BCUT2D eigenvalue weighted by Crippen LogP contribution is -2.45. The second kappa shape index (κ2) is 7.08. The molecule has 1 aliphatic heterocycles. The molecule has 1 atom stereocenters. The Morgan fingerprint density at radius 3 is 3.06 bits per heavy atom. The number of morpholine rings is 1. The molecule has 0 aromatic carbocycles. The zero-order valence-electron chi connectivity index (χ0n) is 10.4. The number of aryl methyl sites for hydroxylation is 1. The molecular weight excluding hydrogens is 230 g/mol. The maximum atomic E-state index is 11.7. The Hall–Kier alpha value is -1.46. The number of nitrogens with zero attached hydrogens (tertiary/aromatic N) is 1. The Bertz CT molecular complexity index is 364. The third-order valence-corrected chi connectivity index (χ3v) is 2.92. The van der Waals surface area contributed by atoms with E-state index in [4.69, 9.17) is 4.74 Å². The molecule has 1 unspecified atom stereocenters. The summed E-state index contributed by atoms with van der Waals surface area (Å²) in [6, 6.07) is 3.86. The third-order valence-electron chi connectivity index (χ3n) is 2.92. The highest BCUT2D eigenvalue weighted by Gasteiger charge is 2.13. The minimum atomic E-state index is 0.0704. The highest BCUT2D eigenvalue weighted by molar-refractivity contribution is 5.76. The highest BCUT2D eigenvalue weighted by Crippen LogP contribution is 2.01. The van der Waals surface area contributed by atoms with Crippen LogP contribution in [0.3, 0.4) is 0 Å². The maximum Gasteiger partial charge on any atom is 0.220 e. The molecule has 1 aliphatic rings. The zero-order chi connectivity index (χ0) is 12.6. The summed E-state index contributed by atoms with van der Waals surface area (Å²) in [7, 11) is 0. The summed E-state index contributed by atoms with van der Waals surface area (Å²) in [4.78, 5) is 15.6. The van der Waals surface area contributed by atoms with Crippen molar-refractivity contribution >= 4 is 5.91 Å². The molecule has 1 saturated heterocycles. The summed E-state index contributed by atoms with van der Waals surface area (Å²) < 4.78 is 5.51. The van der Waals surface area contributed by atoms with E-state index in [1.165, 1.54) is 0 Å². The number of hydrogen-bond donors (Lipinski definition) is 2. The number of pyridine rings is 1. The molecule has 1 amide bonds. The Balaban J connectivity index is 1.63. The summed E-state index contributed by atoms with van der Waals surface area (Å²) in [5, 5.41) is 6.14. The Morgan fingerprint density at radius 2 is 2.33 bits per heavy atom. The average Bonchev–Trinajstić information content (AvgIpc) is 2.45. The molecule has 0 bridgehead atoms. The van der Waals surface area contributed by atoms with Gasteiger partial charge in [-0.1, -0.05) is 0 Å². The third kappa shape index (κ3) is 4.43. The SMILES string of the molecule is O=C(CCc1ccncc1)NCC1CNCCO1. The number of carbonyl (C=O) groups excluding carboxylic acids is 1. The molecule has 18 heavy (non-hydrogen) atoms. The van der Waals surface area contributed by atoms with Crippen molar-refractivity contribution in [2.75, 3.05) is 26.2 Å². The van der Waals surface area contributed by atoms with Gasteiger partial charge in [-0.05, 0) is 24.1 Å². The van der Waals surface area contributed by atoms with Crippen molar-refractivity contribution in [1.29, 1.82) is 0 Å². The Kier molecular flexibility index (Phi) is 5.11. The molecule has 5 nitrogen and oxygen atoms in total. The van der Waals surface area contributed by atoms with E-state index in [-0.39, 0.29) is 12.0 Å². The van der Waals surface area contributed by atoms with Gasteiger partial charge < -0.3 is 15.4 Å². The second-order valence-electron chi connectivity index (χ2n) is 4.36. The van der Waals surface area contributed by atoms with Crippen LogP contribution < -0.4 is 10.6 Å². The monoisotopic (exact) mass is 249 g/mol. The van der Waals surface area contributed by atoms with Crippen LogP contribution in [0.4, 0.5) is 0 Å². The number of nitrogens with one attached hydrogen (secondary N) is 2. The summed E-state index contributed by atoms with van der Waals surface area (Å²) in [6.45, 7) is 3.01. The molecule has 1 aromatic heterocycles. The summed E-state index contributed by atoms with van der Waals surface area (Å²) in [5.41, 5.74) is 1.13. The number of aromatic nitrogens is 1. The van der Waals surface area contributed by atoms with E-state index < -0.39 is 0 Å². The molecule has 5 heteroatoms. The van der Waals surface area contributed by atoms with Crippen LogP contribution in [0, 0.1) is 0 Å². The van der Waals surface area contributed by atoms with Crippen molar-refractivity contribution in [1.82, 2.24) is 15.6 Å². The van der Waals surface area contributed by atoms with E-state index in [1.807, 2.05) is 12.1 Å². The normalized spacial score (nSPS) is 19.4. The van der Waals surface area contributed by atoms with Crippen LogP contribution in [0.5, 0.6) is 0 Å². The van der Waals surface area contributed by atoms with Gasteiger partial charge in [0.05, 0.1) is 12.7 Å². The number of rotatable bonds is 5. The van der Waals surface area contributed by atoms with Crippen molar-refractivity contribution in [2.24, 2.45) is 0 Å². The fraction of sp³-hybridized carbons (Fsp3) is 0.538. The molecule has 0 spiro atoms. The fourth-order valence-corrected chi connectivity index (χ4v) is 1.87. The molecule has 2 N–H and O–H groups in total. The van der Waals surface area contributed by atoms with E-state index in [2.05, 4.69) is 15.6 Å². The van der Waals surface area contributed by atoms with Gasteiger partial charge in [0.2, 0.25) is 5.91 Å². The zero-order valence-corrected chi connectivity index (χ0v) is 10.4. The van der Waals surface area contributed by atoms with E-state index >= 15 is 0 Å². The maximum absolute atomic E-state index is 11.7. The molecule has 0 saturated carbocycles. The van der Waals surface area contributed by atoms with Gasteiger partial charge in [0.25, 0.3) is 0 Å². The molecule has 0 aliphatic carbocycles.